The molecule has 0 radical (unpaired) electrons. The minimum absolute atomic E-state index is 0.0758. The number of nitrogens with zero attached hydrogens (tertiary/aromatic N) is 2. The molecule has 6 heteroatoms. The molecule has 0 aliphatic rings. The number of anilines is 1. The molecule has 0 aliphatic heterocycles. The van der Waals surface area contributed by atoms with Crippen molar-refractivity contribution in [1.29, 1.82) is 0 Å². The fourth-order valence-corrected chi connectivity index (χ4v) is 1.69. The van der Waals surface area contributed by atoms with Gasteiger partial charge in [-0.1, -0.05) is 0 Å². The molecule has 0 aliphatic carbocycles. The zero-order valence-electron chi connectivity index (χ0n) is 11.2. The second-order valence-corrected chi connectivity index (χ2v) is 3.98. The van der Waals surface area contributed by atoms with Gasteiger partial charge in [-0.15, -0.1) is 0 Å². The molecule has 0 unspecified atom stereocenters. The predicted molar refractivity (Wildman–Crippen MR) is 72.2 cm³/mol. The van der Waals surface area contributed by atoms with E-state index in [1.807, 2.05) is 13.8 Å². The highest BCUT2D eigenvalue weighted by atomic mass is 16.4. The topological polar surface area (TPSA) is 82.5 Å². The summed E-state index contributed by atoms with van der Waals surface area (Å²) in [6, 6.07) is 2.87. The molecule has 104 valence electrons. The monoisotopic (exact) mass is 265 g/mol. The van der Waals surface area contributed by atoms with Crippen LogP contribution in [0.25, 0.3) is 0 Å². The fraction of sp³-hybridized carbons (Fsp3) is 0.462. The van der Waals surface area contributed by atoms with Gasteiger partial charge in [0, 0.05) is 32.3 Å². The molecule has 1 heterocycles. The second kappa shape index (κ2) is 7.35. The number of rotatable bonds is 7. The Hall–Kier alpha value is -2.11. The maximum atomic E-state index is 11.7. The Morgan fingerprint density at radius 2 is 2.05 bits per heavy atom. The molecule has 0 saturated heterocycles. The van der Waals surface area contributed by atoms with Gasteiger partial charge < -0.3 is 15.3 Å². The lowest BCUT2D eigenvalue weighted by atomic mass is 10.2. The van der Waals surface area contributed by atoms with Crippen molar-refractivity contribution in [2.45, 2.75) is 20.3 Å². The zero-order chi connectivity index (χ0) is 14.3. The van der Waals surface area contributed by atoms with Crippen molar-refractivity contribution in [2.75, 3.05) is 25.0 Å². The van der Waals surface area contributed by atoms with Crippen LogP contribution in [0.3, 0.4) is 0 Å². The number of hydrogen-bond donors (Lipinski definition) is 2. The van der Waals surface area contributed by atoms with Crippen molar-refractivity contribution < 1.29 is 14.7 Å². The highest BCUT2D eigenvalue weighted by molar-refractivity contribution is 5.88. The Bertz CT molecular complexity index is 445. The minimum atomic E-state index is -0.996. The predicted octanol–water partition coefficient (Wildman–Crippen LogP) is 1.45. The summed E-state index contributed by atoms with van der Waals surface area (Å²) < 4.78 is 0. The van der Waals surface area contributed by atoms with E-state index in [4.69, 9.17) is 5.11 Å². The van der Waals surface area contributed by atoms with E-state index >= 15 is 0 Å². The number of carbonyl (C=O) groups is 2. The van der Waals surface area contributed by atoms with E-state index in [1.165, 1.54) is 18.3 Å². The number of hydrogen-bond acceptors (Lipinski definition) is 4. The van der Waals surface area contributed by atoms with E-state index in [0.29, 0.717) is 31.9 Å². The lowest BCUT2D eigenvalue weighted by Crippen LogP contribution is -2.31. The first kappa shape index (κ1) is 14.9. The van der Waals surface area contributed by atoms with Crippen molar-refractivity contribution in [3.63, 3.8) is 0 Å². The van der Waals surface area contributed by atoms with Gasteiger partial charge in [0.15, 0.2) is 0 Å². The van der Waals surface area contributed by atoms with E-state index in [2.05, 4.69) is 10.3 Å². The first-order chi connectivity index (χ1) is 9.08. The number of carboxylic acids is 1. The summed E-state index contributed by atoms with van der Waals surface area (Å²) in [5, 5.41) is 11.8. The summed E-state index contributed by atoms with van der Waals surface area (Å²) in [6.07, 6.45) is 1.79. The Balaban J connectivity index is 2.47. The summed E-state index contributed by atoms with van der Waals surface area (Å²) >= 11 is 0. The summed E-state index contributed by atoms with van der Waals surface area (Å²) in [6.45, 7) is 5.70. The van der Waals surface area contributed by atoms with Crippen LogP contribution in [0.1, 0.15) is 30.6 Å². The van der Waals surface area contributed by atoms with Crippen LogP contribution in [0, 0.1) is 0 Å². The van der Waals surface area contributed by atoms with Gasteiger partial charge in [-0.3, -0.25) is 4.79 Å². The third-order valence-electron chi connectivity index (χ3n) is 2.77. The smallest absolute Gasteiger partial charge is 0.335 e. The van der Waals surface area contributed by atoms with Crippen molar-refractivity contribution in [1.82, 2.24) is 9.88 Å². The molecule has 0 bridgehead atoms. The van der Waals surface area contributed by atoms with Gasteiger partial charge in [0.2, 0.25) is 5.91 Å². The van der Waals surface area contributed by atoms with E-state index in [9.17, 15) is 9.59 Å². The lowest BCUT2D eigenvalue weighted by Gasteiger charge is -2.18. The molecule has 0 fully saturated rings. The first-order valence-corrected chi connectivity index (χ1v) is 6.29. The normalized spacial score (nSPS) is 10.0. The van der Waals surface area contributed by atoms with Gasteiger partial charge >= 0.3 is 5.97 Å². The van der Waals surface area contributed by atoms with Gasteiger partial charge in [0.1, 0.15) is 5.82 Å². The summed E-state index contributed by atoms with van der Waals surface area (Å²) in [5.74, 6) is -0.455. The van der Waals surface area contributed by atoms with E-state index in [-0.39, 0.29) is 11.5 Å². The zero-order valence-corrected chi connectivity index (χ0v) is 11.2. The molecule has 0 atom stereocenters. The number of carboxylic acid groups (broad SMARTS) is 1. The van der Waals surface area contributed by atoms with Gasteiger partial charge in [-0.05, 0) is 26.0 Å². The highest BCUT2D eigenvalue weighted by Gasteiger charge is 2.09. The lowest BCUT2D eigenvalue weighted by molar-refractivity contribution is -0.130. The number of aromatic nitrogens is 1. The first-order valence-electron chi connectivity index (χ1n) is 6.29. The summed E-state index contributed by atoms with van der Waals surface area (Å²) in [5.41, 5.74) is 0.174. The van der Waals surface area contributed by atoms with Gasteiger partial charge in [0.25, 0.3) is 0 Å². The van der Waals surface area contributed by atoms with E-state index in [1.54, 1.807) is 4.90 Å². The quantitative estimate of drug-likeness (QED) is 0.779. The maximum absolute atomic E-state index is 11.7. The molecule has 19 heavy (non-hydrogen) atoms. The van der Waals surface area contributed by atoms with Crippen molar-refractivity contribution in [3.05, 3.63) is 23.9 Å². The Morgan fingerprint density at radius 3 is 2.63 bits per heavy atom. The Kier molecular flexibility index (Phi) is 5.78. The van der Waals surface area contributed by atoms with Crippen LogP contribution < -0.4 is 5.32 Å². The van der Waals surface area contributed by atoms with Crippen LogP contribution in [0.4, 0.5) is 5.82 Å². The number of amides is 1. The molecule has 6 nitrogen and oxygen atoms in total. The van der Waals surface area contributed by atoms with Gasteiger partial charge in [0.05, 0.1) is 5.56 Å². The van der Waals surface area contributed by atoms with Crippen LogP contribution in [0.2, 0.25) is 0 Å². The second-order valence-electron chi connectivity index (χ2n) is 3.98. The Morgan fingerprint density at radius 1 is 1.37 bits per heavy atom. The summed E-state index contributed by atoms with van der Waals surface area (Å²) in [7, 11) is 0. The average molecular weight is 265 g/mol. The van der Waals surface area contributed by atoms with Crippen molar-refractivity contribution in [2.24, 2.45) is 0 Å². The van der Waals surface area contributed by atoms with Crippen LogP contribution >= 0.6 is 0 Å². The highest BCUT2D eigenvalue weighted by Crippen LogP contribution is 2.07. The number of aromatic carboxylic acids is 1. The fourth-order valence-electron chi connectivity index (χ4n) is 1.69. The van der Waals surface area contributed by atoms with Crippen LogP contribution in [0.5, 0.6) is 0 Å². The van der Waals surface area contributed by atoms with E-state index < -0.39 is 5.97 Å². The van der Waals surface area contributed by atoms with E-state index in [0.717, 1.165) is 0 Å². The van der Waals surface area contributed by atoms with Crippen LogP contribution in [0.15, 0.2) is 18.3 Å². The average Bonchev–Trinajstić information content (AvgIpc) is 2.40. The standard InChI is InChI=1S/C13H19N3O3/c1-3-16(4-2)12(17)6-8-15-11-9-10(13(18)19)5-7-14-11/h5,7,9H,3-4,6,8H2,1-2H3,(H,14,15)(H,18,19). The molecule has 0 saturated carbocycles. The summed E-state index contributed by atoms with van der Waals surface area (Å²) in [4.78, 5) is 28.3. The Labute approximate surface area is 112 Å². The third kappa shape index (κ3) is 4.57. The van der Waals surface area contributed by atoms with Crippen LogP contribution in [-0.4, -0.2) is 46.5 Å². The molecule has 1 aromatic rings. The molecule has 2 N–H and O–H groups in total. The largest absolute Gasteiger partial charge is 0.478 e. The van der Waals surface area contributed by atoms with Gasteiger partial charge in [-0.25, -0.2) is 9.78 Å². The molecule has 0 aromatic carbocycles. The number of pyridine rings is 1. The van der Waals surface area contributed by atoms with Crippen LogP contribution in [-0.2, 0) is 4.79 Å². The molecule has 1 rings (SSSR count). The molecular weight excluding hydrogens is 246 g/mol. The minimum Gasteiger partial charge on any atom is -0.478 e. The number of nitrogens with one attached hydrogen (secondary N) is 1. The number of carbonyl (C=O) groups excluding carboxylic acids is 1. The van der Waals surface area contributed by atoms with Gasteiger partial charge in [-0.2, -0.15) is 0 Å². The molecule has 1 aromatic heterocycles. The van der Waals surface area contributed by atoms with Crippen molar-refractivity contribution in [3.8, 4) is 0 Å². The molecular formula is C13H19N3O3. The third-order valence-corrected chi connectivity index (χ3v) is 2.77. The maximum Gasteiger partial charge on any atom is 0.335 e. The molecule has 1 amide bonds. The molecule has 0 spiro atoms. The SMILES string of the molecule is CCN(CC)C(=O)CCNc1cc(C(=O)O)ccn1. The van der Waals surface area contributed by atoms with Crippen molar-refractivity contribution >= 4 is 17.7 Å².